The number of aromatic hydroxyl groups is 18. The van der Waals surface area contributed by atoms with Crippen LogP contribution in [-0.2, 0) is 0 Å². The molecule has 0 saturated carbocycles. The summed E-state index contributed by atoms with van der Waals surface area (Å²) in [5.41, 5.74) is -2.40. The van der Waals surface area contributed by atoms with Gasteiger partial charge in [0, 0.05) is 33.4 Å². The van der Waals surface area contributed by atoms with Crippen molar-refractivity contribution in [3.63, 3.8) is 0 Å². The molecule has 0 unspecified atom stereocenters. The molecule has 0 atom stereocenters. The number of hydrogen-bond acceptors (Lipinski definition) is 30. The van der Waals surface area contributed by atoms with Gasteiger partial charge in [-0.15, -0.1) is 0 Å². The summed E-state index contributed by atoms with van der Waals surface area (Å²) in [6.07, 6.45) is 0. The number of hydrogen-bond donors (Lipinski definition) is 18. The molecule has 0 aliphatic heterocycles. The zero-order valence-corrected chi connectivity index (χ0v) is 47.4. The molecule has 0 spiro atoms. The average Bonchev–Trinajstić information content (AvgIpc) is 3.29. The van der Waals surface area contributed by atoms with Crippen molar-refractivity contribution >= 4 is 172 Å². The van der Waals surface area contributed by atoms with E-state index in [-0.39, 0.29) is 136 Å². The van der Waals surface area contributed by atoms with E-state index in [4.69, 9.17) is 91.9 Å². The number of aromatic carboxylic acids is 6. The number of rotatable bonds is 6. The zero-order valence-electron chi connectivity index (χ0n) is 37.0. The van der Waals surface area contributed by atoms with E-state index in [0.29, 0.717) is 0 Å². The van der Waals surface area contributed by atoms with Crippen LogP contribution in [0.25, 0.3) is 0 Å². The third kappa shape index (κ3) is 22.2. The number of carbonyl (C=O) groups excluding carboxylic acids is 6. The van der Waals surface area contributed by atoms with Crippen LogP contribution in [0.3, 0.4) is 0 Å². The van der Waals surface area contributed by atoms with Gasteiger partial charge < -0.3 is 151 Å². The molecular weight excluding hydrogens is 1250 g/mol. The Balaban J connectivity index is -0.000000823. The Morgan fingerprint density at radius 2 is 0.267 bits per heavy atom. The van der Waals surface area contributed by atoms with Gasteiger partial charge in [0.05, 0.1) is 35.8 Å². The minimum absolute atomic E-state index is 0. The van der Waals surface area contributed by atoms with Crippen molar-refractivity contribution in [2.24, 2.45) is 0 Å². The fraction of sp³-hybridized carbons (Fsp3) is 0. The molecule has 0 bridgehead atoms. The van der Waals surface area contributed by atoms with Crippen LogP contribution in [0.5, 0.6) is 103 Å². The standard InChI is InChI=1S/6C7H6O5.3Sr/c6*8-4-1-3(7(11)12)2-5(9)6(4)10;;;/h6*1-2,8-10H,(H,11,12);;;/q;;;;;;3*+2/p-6. The van der Waals surface area contributed by atoms with Crippen LogP contribution in [0.15, 0.2) is 72.8 Å². The summed E-state index contributed by atoms with van der Waals surface area (Å²) in [5, 5.41) is 220. The molecule has 33 heteroatoms. The first-order valence-corrected chi connectivity index (χ1v) is 17.9. The van der Waals surface area contributed by atoms with Gasteiger partial charge in [-0.25, -0.2) is 0 Å². The number of phenolic OH excluding ortho intramolecular Hbond substituents is 18. The third-order valence-electron chi connectivity index (χ3n) is 7.83. The molecule has 6 aromatic rings. The topological polar surface area (TPSA) is 605 Å². The van der Waals surface area contributed by atoms with Crippen LogP contribution in [0.2, 0.25) is 0 Å². The maximum Gasteiger partial charge on any atom is 2.00 e. The van der Waals surface area contributed by atoms with Crippen LogP contribution in [0.1, 0.15) is 62.1 Å². The van der Waals surface area contributed by atoms with E-state index < -0.39 is 173 Å². The quantitative estimate of drug-likeness (QED) is 0.0545. The maximum absolute atomic E-state index is 10.2. The van der Waals surface area contributed by atoms with E-state index in [1.165, 1.54) is 0 Å². The Morgan fingerprint density at radius 3 is 0.320 bits per heavy atom. The molecule has 0 heterocycles. The van der Waals surface area contributed by atoms with Crippen LogP contribution in [0, 0.1) is 0 Å². The van der Waals surface area contributed by atoms with E-state index in [9.17, 15) is 59.4 Å². The third-order valence-corrected chi connectivity index (χ3v) is 7.83. The van der Waals surface area contributed by atoms with E-state index in [1.807, 2.05) is 0 Å². The molecule has 0 saturated heterocycles. The summed E-state index contributed by atoms with van der Waals surface area (Å²) >= 11 is 0. The second kappa shape index (κ2) is 32.3. The predicted molar refractivity (Wildman–Crippen MR) is 232 cm³/mol. The molecule has 18 N–H and O–H groups in total. The largest absolute Gasteiger partial charge is 2.00 e. The molecule has 0 amide bonds. The van der Waals surface area contributed by atoms with Crippen LogP contribution < -0.4 is 30.6 Å². The normalized spacial score (nSPS) is 9.28. The van der Waals surface area contributed by atoms with Crippen molar-refractivity contribution < 1.29 is 151 Å². The van der Waals surface area contributed by atoms with E-state index >= 15 is 0 Å². The van der Waals surface area contributed by atoms with Gasteiger partial charge in [-0.1, -0.05) is 0 Å². The fourth-order valence-corrected chi connectivity index (χ4v) is 4.33. The molecule has 30 nitrogen and oxygen atoms in total. The van der Waals surface area contributed by atoms with E-state index in [0.717, 1.165) is 72.8 Å². The van der Waals surface area contributed by atoms with Gasteiger partial charge in [-0.3, -0.25) is 0 Å². The first-order chi connectivity index (χ1) is 33.1. The van der Waals surface area contributed by atoms with Crippen molar-refractivity contribution in [3.8, 4) is 103 Å². The maximum atomic E-state index is 10.2. The number of phenols is 18. The van der Waals surface area contributed by atoms with E-state index in [1.54, 1.807) is 0 Å². The molecule has 384 valence electrons. The molecule has 6 rings (SSSR count). The summed E-state index contributed by atoms with van der Waals surface area (Å²) < 4.78 is 0. The van der Waals surface area contributed by atoms with Crippen molar-refractivity contribution in [2.75, 3.05) is 0 Å². The summed E-state index contributed by atoms with van der Waals surface area (Å²) in [6.45, 7) is 0. The van der Waals surface area contributed by atoms with Gasteiger partial charge in [0.2, 0.25) is 0 Å². The number of benzene rings is 6. The monoisotopic (exact) mass is 1280 g/mol. The van der Waals surface area contributed by atoms with Crippen molar-refractivity contribution in [1.82, 2.24) is 0 Å². The molecule has 0 aliphatic carbocycles. The number of carboxylic acids is 6. The predicted octanol–water partition coefficient (Wildman–Crippen LogP) is -6.14. The van der Waals surface area contributed by atoms with Crippen LogP contribution in [-0.4, -0.2) is 264 Å². The van der Waals surface area contributed by atoms with Crippen LogP contribution >= 0.6 is 0 Å². The van der Waals surface area contributed by atoms with Crippen molar-refractivity contribution in [2.45, 2.75) is 0 Å². The van der Waals surface area contributed by atoms with Gasteiger partial charge in [0.25, 0.3) is 0 Å². The second-order valence-electron chi connectivity index (χ2n) is 12.9. The first-order valence-electron chi connectivity index (χ1n) is 17.9. The summed E-state index contributed by atoms with van der Waals surface area (Å²) in [7, 11) is 0. The number of carbonyl (C=O) groups is 6. The van der Waals surface area contributed by atoms with Gasteiger partial charge in [-0.2, -0.15) is 0 Å². The minimum atomic E-state index is -1.54. The molecule has 75 heavy (non-hydrogen) atoms. The molecule has 0 aliphatic rings. The van der Waals surface area contributed by atoms with Gasteiger partial charge in [0.15, 0.2) is 103 Å². The average molecular weight is 1280 g/mol. The Hall–Kier alpha value is -7.02. The summed E-state index contributed by atoms with van der Waals surface area (Å²) in [5.74, 6) is -22.1. The minimum Gasteiger partial charge on any atom is -0.545 e. The van der Waals surface area contributed by atoms with Crippen molar-refractivity contribution in [3.05, 3.63) is 106 Å². The SMILES string of the molecule is O=C([O-])c1cc(O)c(O)c(O)c1.O=C([O-])c1cc(O)c(O)c(O)c1.O=C([O-])c1cc(O)c(O)c(O)c1.O=C([O-])c1cc(O)c(O)c(O)c1.O=C([O-])c1cc(O)c(O)c(O)c1.O=C([O-])c1cc(O)c(O)c(O)c1.[Sr+2].[Sr+2].[Sr+2]. The number of carboxylic acid groups (broad SMARTS) is 6. The Morgan fingerprint density at radius 1 is 0.200 bits per heavy atom. The van der Waals surface area contributed by atoms with Gasteiger partial charge in [0.1, 0.15) is 0 Å². The Bertz CT molecular complexity index is 2390. The molecule has 0 fully saturated rings. The van der Waals surface area contributed by atoms with Crippen LogP contribution in [0.4, 0.5) is 0 Å². The molecule has 0 aromatic heterocycles. The van der Waals surface area contributed by atoms with Gasteiger partial charge in [-0.05, 0) is 72.8 Å². The Labute approximate surface area is 526 Å². The van der Waals surface area contributed by atoms with Gasteiger partial charge >= 0.3 is 136 Å². The Kier molecular flexibility index (Phi) is 31.1. The van der Waals surface area contributed by atoms with Crippen molar-refractivity contribution in [1.29, 1.82) is 0 Å². The smallest absolute Gasteiger partial charge is 0.545 e. The fourth-order valence-electron chi connectivity index (χ4n) is 4.33. The second-order valence-corrected chi connectivity index (χ2v) is 12.9. The summed E-state index contributed by atoms with van der Waals surface area (Å²) in [6, 6.07) is 9.39. The molecule has 6 aromatic carbocycles. The molecule has 0 radical (unpaired) electrons. The first kappa shape index (κ1) is 72.2. The zero-order chi connectivity index (χ0) is 55.8. The molecular formula is C42H30O30Sr3. The summed E-state index contributed by atoms with van der Waals surface area (Å²) in [4.78, 5) is 61.2. The van der Waals surface area contributed by atoms with E-state index in [2.05, 4.69) is 0 Å².